The maximum absolute atomic E-state index is 13.1. The van der Waals surface area contributed by atoms with Gasteiger partial charge in [-0.2, -0.15) is 0 Å². The van der Waals surface area contributed by atoms with E-state index in [1.807, 2.05) is 25.3 Å². The van der Waals surface area contributed by atoms with E-state index in [-0.39, 0.29) is 30.7 Å². The molecule has 0 atom stereocenters. The molecule has 4 amide bonds. The standard InChI is InChI=1S/C37H39N7O6/c1-23-16-33(49-4)34(19-30(23)39-22-45)50-15-5-6-35(46)40-29-18-32(44(3)21-29)37(48)41-27-11-7-24(8-12-27)25-17-31(43(2)20-25)36(47)42-28-13-9-26(38)10-14-28/h7-14,16-22H,5-6,15,38H2,1-4H3,(H,39,45)(H,40,46)(H,41,48)(H,42,47). The average Bonchev–Trinajstić information content (AvgIpc) is 3.67. The number of carbonyl (C=O) groups is 4. The van der Waals surface area contributed by atoms with Gasteiger partial charge in [0.05, 0.1) is 19.4 Å². The number of benzene rings is 3. The van der Waals surface area contributed by atoms with Gasteiger partial charge >= 0.3 is 0 Å². The van der Waals surface area contributed by atoms with Crippen molar-refractivity contribution in [1.29, 1.82) is 0 Å². The van der Waals surface area contributed by atoms with Gasteiger partial charge in [-0.1, -0.05) is 12.1 Å². The molecule has 0 saturated carbocycles. The molecule has 50 heavy (non-hydrogen) atoms. The lowest BCUT2D eigenvalue weighted by atomic mass is 10.1. The van der Waals surface area contributed by atoms with Crippen molar-refractivity contribution in [3.05, 3.63) is 102 Å². The Morgan fingerprint density at radius 2 is 1.38 bits per heavy atom. The lowest BCUT2D eigenvalue weighted by Crippen LogP contribution is -2.15. The van der Waals surface area contributed by atoms with Crippen LogP contribution in [0.4, 0.5) is 28.4 Å². The van der Waals surface area contributed by atoms with Crippen LogP contribution in [0.25, 0.3) is 11.1 Å². The molecule has 0 unspecified atom stereocenters. The van der Waals surface area contributed by atoms with Gasteiger partial charge < -0.3 is 45.6 Å². The van der Waals surface area contributed by atoms with Gasteiger partial charge in [-0.25, -0.2) is 0 Å². The zero-order chi connectivity index (χ0) is 35.8. The lowest BCUT2D eigenvalue weighted by Gasteiger charge is -2.14. The SMILES string of the molecule is COc1cc(C)c(NC=O)cc1OCCCC(=O)Nc1cc(C(=O)Nc2ccc(-c3cc(C(=O)Nc4ccc(N)cc4)n(C)c3)cc2)n(C)c1. The second kappa shape index (κ2) is 15.6. The molecule has 0 radical (unpaired) electrons. The molecule has 6 N–H and O–H groups in total. The van der Waals surface area contributed by atoms with E-state index in [2.05, 4.69) is 21.3 Å². The summed E-state index contributed by atoms with van der Waals surface area (Å²) in [5.74, 6) is 0.166. The molecule has 0 aliphatic carbocycles. The Bertz CT molecular complexity index is 2010. The van der Waals surface area contributed by atoms with Crippen molar-refractivity contribution >= 4 is 52.6 Å². The number of nitrogens with one attached hydrogen (secondary N) is 4. The van der Waals surface area contributed by atoms with E-state index in [1.165, 1.54) is 7.11 Å². The molecule has 2 aromatic heterocycles. The second-order valence-electron chi connectivity index (χ2n) is 11.6. The molecule has 0 saturated heterocycles. The molecule has 5 aromatic rings. The maximum Gasteiger partial charge on any atom is 0.272 e. The molecule has 0 fully saturated rings. The summed E-state index contributed by atoms with van der Waals surface area (Å²) in [5.41, 5.74) is 12.1. The summed E-state index contributed by atoms with van der Waals surface area (Å²) in [5, 5.41) is 11.2. The van der Waals surface area contributed by atoms with Crippen molar-refractivity contribution in [2.24, 2.45) is 14.1 Å². The maximum atomic E-state index is 13.1. The fraction of sp³-hybridized carbons (Fsp3) is 0.189. The molecule has 13 heteroatoms. The highest BCUT2D eigenvalue weighted by atomic mass is 16.5. The van der Waals surface area contributed by atoms with Gasteiger partial charge in [0.15, 0.2) is 11.5 Å². The van der Waals surface area contributed by atoms with Gasteiger partial charge in [0.2, 0.25) is 12.3 Å². The summed E-state index contributed by atoms with van der Waals surface area (Å²) in [6.07, 6.45) is 4.74. The Balaban J connectivity index is 1.12. The summed E-state index contributed by atoms with van der Waals surface area (Å²) >= 11 is 0. The molecule has 5 rings (SSSR count). The monoisotopic (exact) mass is 677 g/mol. The van der Waals surface area contributed by atoms with Gasteiger partial charge in [-0.05, 0) is 79.1 Å². The lowest BCUT2D eigenvalue weighted by molar-refractivity contribution is -0.116. The third-order valence-corrected chi connectivity index (χ3v) is 7.93. The van der Waals surface area contributed by atoms with Gasteiger partial charge in [-0.15, -0.1) is 0 Å². The number of nitrogens with two attached hydrogens (primary N) is 1. The summed E-state index contributed by atoms with van der Waals surface area (Å²) < 4.78 is 14.6. The number of carbonyl (C=O) groups excluding carboxylic acids is 4. The first-order valence-corrected chi connectivity index (χ1v) is 15.8. The molecule has 2 heterocycles. The number of aryl methyl sites for hydroxylation is 3. The van der Waals surface area contributed by atoms with Crippen LogP contribution in [0.1, 0.15) is 39.4 Å². The van der Waals surface area contributed by atoms with Gasteiger partial charge in [0, 0.05) is 67.3 Å². The summed E-state index contributed by atoms with van der Waals surface area (Å²) in [6, 6.07) is 21.1. The molecule has 3 aromatic carbocycles. The van der Waals surface area contributed by atoms with E-state index in [1.54, 1.807) is 90.1 Å². The molecule has 0 spiro atoms. The van der Waals surface area contributed by atoms with Crippen LogP contribution < -0.4 is 36.5 Å². The zero-order valence-corrected chi connectivity index (χ0v) is 28.2. The molecule has 0 bridgehead atoms. The molecule has 0 aliphatic heterocycles. The normalized spacial score (nSPS) is 10.6. The van der Waals surface area contributed by atoms with Gasteiger partial charge in [0.1, 0.15) is 11.4 Å². The predicted octanol–water partition coefficient (Wildman–Crippen LogP) is 5.80. The highest BCUT2D eigenvalue weighted by Crippen LogP contribution is 2.33. The van der Waals surface area contributed by atoms with Crippen LogP contribution in [0.3, 0.4) is 0 Å². The Morgan fingerprint density at radius 3 is 2.02 bits per heavy atom. The van der Waals surface area contributed by atoms with Crippen LogP contribution in [0.2, 0.25) is 0 Å². The Labute approximate surface area is 289 Å². The van der Waals surface area contributed by atoms with Crippen LogP contribution in [-0.4, -0.2) is 47.0 Å². The number of hydrogen-bond donors (Lipinski definition) is 5. The smallest absolute Gasteiger partial charge is 0.272 e. The van der Waals surface area contributed by atoms with Crippen molar-refractivity contribution in [2.75, 3.05) is 40.7 Å². The van der Waals surface area contributed by atoms with Crippen molar-refractivity contribution < 1.29 is 28.7 Å². The van der Waals surface area contributed by atoms with Crippen LogP contribution in [-0.2, 0) is 23.7 Å². The van der Waals surface area contributed by atoms with Crippen LogP contribution in [0, 0.1) is 6.92 Å². The Hall–Kier alpha value is -6.50. The highest BCUT2D eigenvalue weighted by Gasteiger charge is 2.16. The molecule has 0 aliphatic rings. The first-order chi connectivity index (χ1) is 24.0. The number of nitrogen functional groups attached to an aromatic ring is 1. The third kappa shape index (κ3) is 8.50. The van der Waals surface area contributed by atoms with E-state index >= 15 is 0 Å². The van der Waals surface area contributed by atoms with Crippen molar-refractivity contribution in [3.8, 4) is 22.6 Å². The minimum atomic E-state index is -0.342. The van der Waals surface area contributed by atoms with E-state index < -0.39 is 0 Å². The molecule has 258 valence electrons. The van der Waals surface area contributed by atoms with Crippen LogP contribution >= 0.6 is 0 Å². The minimum Gasteiger partial charge on any atom is -0.493 e. The zero-order valence-electron chi connectivity index (χ0n) is 28.2. The summed E-state index contributed by atoms with van der Waals surface area (Å²) in [7, 11) is 5.06. The summed E-state index contributed by atoms with van der Waals surface area (Å²) in [6.45, 7) is 2.09. The summed E-state index contributed by atoms with van der Waals surface area (Å²) in [4.78, 5) is 49.5. The van der Waals surface area contributed by atoms with Crippen LogP contribution in [0.5, 0.6) is 11.5 Å². The van der Waals surface area contributed by atoms with Crippen LogP contribution in [0.15, 0.2) is 85.2 Å². The number of amides is 4. The topological polar surface area (TPSA) is 171 Å². The Morgan fingerprint density at radius 1 is 0.760 bits per heavy atom. The fourth-order valence-corrected chi connectivity index (χ4v) is 5.30. The van der Waals surface area contributed by atoms with E-state index in [9.17, 15) is 19.2 Å². The van der Waals surface area contributed by atoms with Gasteiger partial charge in [-0.3, -0.25) is 19.2 Å². The van der Waals surface area contributed by atoms with Gasteiger partial charge in [0.25, 0.3) is 11.8 Å². The number of hydrogen-bond acceptors (Lipinski definition) is 7. The van der Waals surface area contributed by atoms with Crippen molar-refractivity contribution in [2.45, 2.75) is 19.8 Å². The molecular weight excluding hydrogens is 638 g/mol. The number of aromatic nitrogens is 2. The number of anilines is 5. The largest absolute Gasteiger partial charge is 0.493 e. The highest BCUT2D eigenvalue weighted by molar-refractivity contribution is 6.05. The minimum absolute atomic E-state index is 0.187. The first kappa shape index (κ1) is 34.8. The van der Waals surface area contributed by atoms with Crippen molar-refractivity contribution in [1.82, 2.24) is 9.13 Å². The van der Waals surface area contributed by atoms with E-state index in [4.69, 9.17) is 15.2 Å². The van der Waals surface area contributed by atoms with E-state index in [0.29, 0.717) is 64.2 Å². The van der Waals surface area contributed by atoms with Crippen molar-refractivity contribution in [3.63, 3.8) is 0 Å². The predicted molar refractivity (Wildman–Crippen MR) is 194 cm³/mol. The number of rotatable bonds is 14. The number of nitrogens with zero attached hydrogens (tertiary/aromatic N) is 2. The van der Waals surface area contributed by atoms with E-state index in [0.717, 1.165) is 16.7 Å². The Kier molecular flexibility index (Phi) is 10.9. The number of methoxy groups -OCH3 is 1. The first-order valence-electron chi connectivity index (χ1n) is 15.8. The quantitative estimate of drug-likeness (QED) is 0.0562. The molecular formula is C37H39N7O6. The fourth-order valence-electron chi connectivity index (χ4n) is 5.30. The third-order valence-electron chi connectivity index (χ3n) is 7.93. The molecule has 13 nitrogen and oxygen atoms in total. The average molecular weight is 678 g/mol. The number of ether oxygens (including phenoxy) is 2. The second-order valence-corrected chi connectivity index (χ2v) is 11.6.